The van der Waals surface area contributed by atoms with Crippen LogP contribution in [0.2, 0.25) is 0 Å². The van der Waals surface area contributed by atoms with E-state index in [1.807, 2.05) is 19.1 Å². The van der Waals surface area contributed by atoms with Crippen LogP contribution in [0.4, 0.5) is 0 Å². The molecule has 1 aromatic heterocycles. The van der Waals surface area contributed by atoms with Crippen LogP contribution in [0.1, 0.15) is 22.7 Å². The third-order valence-electron chi connectivity index (χ3n) is 4.36. The summed E-state index contributed by atoms with van der Waals surface area (Å²) < 4.78 is 39.0. The number of aromatic nitrogens is 1. The lowest BCUT2D eigenvalue weighted by Gasteiger charge is -2.20. The Balaban J connectivity index is 2.00. The summed E-state index contributed by atoms with van der Waals surface area (Å²) in [6.45, 7) is 1.91. The zero-order valence-electron chi connectivity index (χ0n) is 15.9. The highest BCUT2D eigenvalue weighted by Crippen LogP contribution is 2.27. The molecule has 0 aliphatic heterocycles. The largest absolute Gasteiger partial charge is 0.497 e. The van der Waals surface area contributed by atoms with Crippen LogP contribution in [-0.2, 0) is 10.0 Å². The van der Waals surface area contributed by atoms with E-state index in [1.54, 1.807) is 61.8 Å². The minimum Gasteiger partial charge on any atom is -0.497 e. The first-order chi connectivity index (χ1) is 13.4. The summed E-state index contributed by atoms with van der Waals surface area (Å²) in [7, 11) is -0.630. The third-order valence-corrected chi connectivity index (χ3v) is 5.79. The summed E-state index contributed by atoms with van der Waals surface area (Å²) in [6, 6.07) is 16.8. The van der Waals surface area contributed by atoms with Gasteiger partial charge in [-0.2, -0.15) is 4.72 Å². The second-order valence-electron chi connectivity index (χ2n) is 6.27. The van der Waals surface area contributed by atoms with Crippen LogP contribution in [-0.4, -0.2) is 27.6 Å². The molecule has 0 spiro atoms. The Morgan fingerprint density at radius 2 is 1.50 bits per heavy atom. The van der Waals surface area contributed by atoms with Gasteiger partial charge in [-0.25, -0.2) is 13.4 Å². The Labute approximate surface area is 165 Å². The Hall–Kier alpha value is -2.90. The Bertz CT molecular complexity index is 968. The maximum absolute atomic E-state index is 13.0. The van der Waals surface area contributed by atoms with Crippen molar-refractivity contribution in [3.05, 3.63) is 83.6 Å². The normalized spacial score (nSPS) is 12.4. The lowest BCUT2D eigenvalue weighted by molar-refractivity contribution is 0.397. The van der Waals surface area contributed by atoms with Crippen molar-refractivity contribution in [2.24, 2.45) is 0 Å². The highest BCUT2D eigenvalue weighted by Gasteiger charge is 2.23. The van der Waals surface area contributed by atoms with Crippen molar-refractivity contribution in [2.75, 3.05) is 14.2 Å². The van der Waals surface area contributed by atoms with E-state index in [2.05, 4.69) is 9.71 Å². The number of sulfonamides is 1. The van der Waals surface area contributed by atoms with Crippen molar-refractivity contribution in [2.45, 2.75) is 17.9 Å². The van der Waals surface area contributed by atoms with Crippen molar-refractivity contribution in [1.82, 2.24) is 9.71 Å². The monoisotopic (exact) mass is 398 g/mol. The number of pyridine rings is 1. The van der Waals surface area contributed by atoms with Crippen LogP contribution < -0.4 is 14.2 Å². The fourth-order valence-corrected chi connectivity index (χ4v) is 3.96. The van der Waals surface area contributed by atoms with E-state index in [9.17, 15) is 8.42 Å². The number of methoxy groups -OCH3 is 2. The van der Waals surface area contributed by atoms with Gasteiger partial charge in [-0.05, 0) is 42.3 Å². The van der Waals surface area contributed by atoms with Crippen molar-refractivity contribution >= 4 is 10.0 Å². The van der Waals surface area contributed by atoms with Crippen LogP contribution >= 0.6 is 0 Å². The molecule has 0 bridgehead atoms. The second-order valence-corrected chi connectivity index (χ2v) is 7.99. The molecule has 0 amide bonds. The van der Waals surface area contributed by atoms with Gasteiger partial charge >= 0.3 is 0 Å². The van der Waals surface area contributed by atoms with Crippen LogP contribution in [0.3, 0.4) is 0 Å². The minimum atomic E-state index is -3.74. The standard InChI is InChI=1S/C21H22N2O4S/c1-15-4-11-19(12-5-15)28(24,25)23-21(16-6-9-18(26-2)10-7-16)17-8-13-20(27-3)22-14-17/h4-14,21,23H,1-3H3/t21-/m1/s1. The maximum Gasteiger partial charge on any atom is 0.241 e. The molecular formula is C21H22N2O4S. The Morgan fingerprint density at radius 1 is 0.857 bits per heavy atom. The van der Waals surface area contributed by atoms with E-state index < -0.39 is 16.1 Å². The molecule has 146 valence electrons. The Kier molecular flexibility index (Phi) is 5.96. The van der Waals surface area contributed by atoms with Gasteiger partial charge in [-0.1, -0.05) is 35.9 Å². The molecule has 0 saturated heterocycles. The second kappa shape index (κ2) is 8.41. The van der Waals surface area contributed by atoms with Gasteiger partial charge < -0.3 is 9.47 Å². The van der Waals surface area contributed by atoms with Crippen molar-refractivity contribution in [3.63, 3.8) is 0 Å². The first kappa shape index (κ1) is 19.9. The van der Waals surface area contributed by atoms with Crippen LogP contribution in [0, 0.1) is 6.92 Å². The molecule has 3 aromatic rings. The quantitative estimate of drug-likeness (QED) is 0.659. The fraction of sp³-hybridized carbons (Fsp3) is 0.190. The number of hydrogen-bond acceptors (Lipinski definition) is 5. The predicted molar refractivity (Wildman–Crippen MR) is 107 cm³/mol. The number of nitrogens with zero attached hydrogens (tertiary/aromatic N) is 1. The molecule has 0 aliphatic carbocycles. The average molecular weight is 398 g/mol. The topological polar surface area (TPSA) is 77.5 Å². The van der Waals surface area contributed by atoms with Gasteiger partial charge in [0.15, 0.2) is 0 Å². The van der Waals surface area contributed by atoms with E-state index in [4.69, 9.17) is 9.47 Å². The molecule has 0 saturated carbocycles. The van der Waals surface area contributed by atoms with E-state index in [-0.39, 0.29) is 4.90 Å². The summed E-state index contributed by atoms with van der Waals surface area (Å²) in [6.07, 6.45) is 1.60. The van der Waals surface area contributed by atoms with E-state index in [1.165, 1.54) is 7.11 Å². The molecule has 0 fully saturated rings. The highest BCUT2D eigenvalue weighted by atomic mass is 32.2. The predicted octanol–water partition coefficient (Wildman–Crippen LogP) is 3.48. The first-order valence-corrected chi connectivity index (χ1v) is 10.1. The lowest BCUT2D eigenvalue weighted by Crippen LogP contribution is -2.29. The summed E-state index contributed by atoms with van der Waals surface area (Å²) in [5, 5.41) is 0. The number of hydrogen-bond donors (Lipinski definition) is 1. The zero-order chi connectivity index (χ0) is 20.1. The van der Waals surface area contributed by atoms with Crippen LogP contribution in [0.15, 0.2) is 71.8 Å². The molecule has 6 nitrogen and oxygen atoms in total. The molecule has 0 unspecified atom stereocenters. The van der Waals surface area contributed by atoms with Gasteiger partial charge in [-0.3, -0.25) is 0 Å². The zero-order valence-corrected chi connectivity index (χ0v) is 16.7. The summed E-state index contributed by atoms with van der Waals surface area (Å²) in [5.41, 5.74) is 2.45. The molecule has 28 heavy (non-hydrogen) atoms. The van der Waals surface area contributed by atoms with E-state index >= 15 is 0 Å². The van der Waals surface area contributed by atoms with E-state index in [0.29, 0.717) is 17.2 Å². The van der Waals surface area contributed by atoms with Crippen molar-refractivity contribution in [3.8, 4) is 11.6 Å². The number of benzene rings is 2. The molecule has 3 rings (SSSR count). The minimum absolute atomic E-state index is 0.207. The van der Waals surface area contributed by atoms with Crippen LogP contribution in [0.25, 0.3) is 0 Å². The average Bonchev–Trinajstić information content (AvgIpc) is 2.72. The Morgan fingerprint density at radius 3 is 2.04 bits per heavy atom. The lowest BCUT2D eigenvalue weighted by atomic mass is 10.0. The van der Waals surface area contributed by atoms with Gasteiger partial charge in [0.1, 0.15) is 5.75 Å². The van der Waals surface area contributed by atoms with Gasteiger partial charge in [0.2, 0.25) is 15.9 Å². The third kappa shape index (κ3) is 4.49. The molecule has 1 N–H and O–H groups in total. The fourth-order valence-electron chi connectivity index (χ4n) is 2.75. The molecule has 0 radical (unpaired) electrons. The van der Waals surface area contributed by atoms with Crippen molar-refractivity contribution in [1.29, 1.82) is 0 Å². The highest BCUT2D eigenvalue weighted by molar-refractivity contribution is 7.89. The summed E-state index contributed by atoms with van der Waals surface area (Å²) >= 11 is 0. The van der Waals surface area contributed by atoms with E-state index in [0.717, 1.165) is 11.1 Å². The van der Waals surface area contributed by atoms with Gasteiger partial charge in [0.05, 0.1) is 25.2 Å². The number of rotatable bonds is 7. The molecule has 1 atom stereocenters. The molecule has 0 aliphatic rings. The summed E-state index contributed by atoms with van der Waals surface area (Å²) in [4.78, 5) is 4.42. The number of aryl methyl sites for hydroxylation is 1. The number of nitrogens with one attached hydrogen (secondary N) is 1. The molecular weight excluding hydrogens is 376 g/mol. The van der Waals surface area contributed by atoms with Crippen molar-refractivity contribution < 1.29 is 17.9 Å². The van der Waals surface area contributed by atoms with Gasteiger partial charge in [0, 0.05) is 12.3 Å². The molecule has 1 heterocycles. The van der Waals surface area contributed by atoms with Gasteiger partial charge in [-0.15, -0.1) is 0 Å². The van der Waals surface area contributed by atoms with Gasteiger partial charge in [0.25, 0.3) is 0 Å². The molecule has 7 heteroatoms. The summed E-state index contributed by atoms with van der Waals surface area (Å²) in [5.74, 6) is 1.15. The maximum atomic E-state index is 13.0. The molecule has 2 aromatic carbocycles. The SMILES string of the molecule is COc1ccc([C@@H](NS(=O)(=O)c2ccc(C)cc2)c2ccc(OC)nc2)cc1. The smallest absolute Gasteiger partial charge is 0.241 e. The first-order valence-electron chi connectivity index (χ1n) is 8.66. The van der Waals surface area contributed by atoms with Crippen LogP contribution in [0.5, 0.6) is 11.6 Å². The number of ether oxygens (including phenoxy) is 2.